The first-order valence-electron chi connectivity index (χ1n) is 3.03. The molecule has 0 spiro atoms. The molecule has 1 amide bonds. The predicted molar refractivity (Wildman–Crippen MR) is 40.0 cm³/mol. The van der Waals surface area contributed by atoms with Gasteiger partial charge in [0.05, 0.1) is 0 Å². The third-order valence-corrected chi connectivity index (χ3v) is 0.990. The standard InChI is InChI=1S/C6H13N3O/c1-5(7-2)4-6(10)9-8-3/h4,7-8H,1-3H3,(H,9,10). The van der Waals surface area contributed by atoms with Gasteiger partial charge in [-0.3, -0.25) is 10.2 Å². The number of hydrazine groups is 1. The number of carbonyl (C=O) groups excluding carboxylic acids is 1. The SMILES string of the molecule is CNNC(=O)C=C(C)NC. The highest BCUT2D eigenvalue weighted by atomic mass is 16.2. The van der Waals surface area contributed by atoms with E-state index in [1.165, 1.54) is 6.08 Å². The van der Waals surface area contributed by atoms with Crippen LogP contribution in [0.1, 0.15) is 6.92 Å². The highest BCUT2D eigenvalue weighted by Crippen LogP contribution is 1.81. The van der Waals surface area contributed by atoms with Crippen molar-refractivity contribution in [2.24, 2.45) is 0 Å². The monoisotopic (exact) mass is 143 g/mol. The van der Waals surface area contributed by atoms with Crippen molar-refractivity contribution in [1.82, 2.24) is 16.2 Å². The Balaban J connectivity index is 3.75. The molecule has 0 aromatic heterocycles. The number of rotatable bonds is 3. The van der Waals surface area contributed by atoms with E-state index in [9.17, 15) is 4.79 Å². The highest BCUT2D eigenvalue weighted by Gasteiger charge is 1.91. The van der Waals surface area contributed by atoms with Gasteiger partial charge in [-0.25, -0.2) is 5.43 Å². The van der Waals surface area contributed by atoms with E-state index in [4.69, 9.17) is 0 Å². The Morgan fingerprint density at radius 2 is 2.00 bits per heavy atom. The molecule has 3 N–H and O–H groups in total. The second-order valence-corrected chi connectivity index (χ2v) is 1.82. The minimum Gasteiger partial charge on any atom is -0.391 e. The molecule has 0 aliphatic heterocycles. The van der Waals surface area contributed by atoms with Crippen LogP contribution in [0.5, 0.6) is 0 Å². The molecule has 4 nitrogen and oxygen atoms in total. The molecule has 0 saturated heterocycles. The van der Waals surface area contributed by atoms with Crippen molar-refractivity contribution in [2.45, 2.75) is 6.92 Å². The Kier molecular flexibility index (Phi) is 4.32. The predicted octanol–water partition coefficient (Wildman–Crippen LogP) is -0.640. The molecule has 0 bridgehead atoms. The lowest BCUT2D eigenvalue weighted by atomic mass is 10.4. The van der Waals surface area contributed by atoms with E-state index in [0.717, 1.165) is 5.70 Å². The van der Waals surface area contributed by atoms with Crippen molar-refractivity contribution < 1.29 is 4.79 Å². The van der Waals surface area contributed by atoms with Crippen molar-refractivity contribution in [2.75, 3.05) is 14.1 Å². The summed E-state index contributed by atoms with van der Waals surface area (Å²) in [6.45, 7) is 1.81. The summed E-state index contributed by atoms with van der Waals surface area (Å²) in [6, 6.07) is 0. The molecule has 0 fully saturated rings. The van der Waals surface area contributed by atoms with Gasteiger partial charge in [0.15, 0.2) is 0 Å². The van der Waals surface area contributed by atoms with E-state index in [0.29, 0.717) is 0 Å². The summed E-state index contributed by atoms with van der Waals surface area (Å²) in [5, 5.41) is 2.83. The molecule has 10 heavy (non-hydrogen) atoms. The first-order valence-corrected chi connectivity index (χ1v) is 3.03. The summed E-state index contributed by atoms with van der Waals surface area (Å²) >= 11 is 0. The molecule has 0 aromatic rings. The summed E-state index contributed by atoms with van der Waals surface area (Å²) in [4.78, 5) is 10.7. The first kappa shape index (κ1) is 8.97. The molecule has 0 atom stereocenters. The fourth-order valence-electron chi connectivity index (χ4n) is 0.428. The van der Waals surface area contributed by atoms with Crippen LogP contribution in [0.2, 0.25) is 0 Å². The van der Waals surface area contributed by atoms with Crippen LogP contribution in [0.25, 0.3) is 0 Å². The maximum atomic E-state index is 10.7. The lowest BCUT2D eigenvalue weighted by Gasteiger charge is -1.99. The molecule has 0 aliphatic carbocycles. The average molecular weight is 143 g/mol. The number of nitrogens with one attached hydrogen (secondary N) is 3. The normalized spacial score (nSPS) is 10.9. The zero-order valence-corrected chi connectivity index (χ0v) is 6.49. The largest absolute Gasteiger partial charge is 0.391 e. The number of allylic oxidation sites excluding steroid dienone is 1. The molecule has 0 saturated carbocycles. The van der Waals surface area contributed by atoms with Gasteiger partial charge in [-0.1, -0.05) is 0 Å². The topological polar surface area (TPSA) is 53.2 Å². The van der Waals surface area contributed by atoms with Crippen LogP contribution >= 0.6 is 0 Å². The van der Waals surface area contributed by atoms with Gasteiger partial charge in [0.2, 0.25) is 0 Å². The molecule has 58 valence electrons. The third-order valence-electron chi connectivity index (χ3n) is 0.990. The Bertz CT molecular complexity index is 142. The van der Waals surface area contributed by atoms with E-state index in [-0.39, 0.29) is 5.91 Å². The first-order chi connectivity index (χ1) is 4.70. The van der Waals surface area contributed by atoms with E-state index in [1.807, 2.05) is 6.92 Å². The van der Waals surface area contributed by atoms with Gasteiger partial charge in [0.1, 0.15) is 0 Å². The molecule has 0 radical (unpaired) electrons. The molecule has 0 unspecified atom stereocenters. The summed E-state index contributed by atoms with van der Waals surface area (Å²) in [6.07, 6.45) is 1.47. The maximum absolute atomic E-state index is 10.7. The molecule has 4 heteroatoms. The van der Waals surface area contributed by atoms with Gasteiger partial charge in [-0.15, -0.1) is 0 Å². The van der Waals surface area contributed by atoms with E-state index < -0.39 is 0 Å². The minimum absolute atomic E-state index is 0.158. The van der Waals surface area contributed by atoms with Gasteiger partial charge in [0.25, 0.3) is 5.91 Å². The second-order valence-electron chi connectivity index (χ2n) is 1.82. The van der Waals surface area contributed by atoms with Gasteiger partial charge >= 0.3 is 0 Å². The van der Waals surface area contributed by atoms with Crippen LogP contribution in [-0.2, 0) is 4.79 Å². The van der Waals surface area contributed by atoms with Crippen LogP contribution in [-0.4, -0.2) is 20.0 Å². The minimum atomic E-state index is -0.158. The van der Waals surface area contributed by atoms with Gasteiger partial charge < -0.3 is 5.32 Å². The maximum Gasteiger partial charge on any atom is 0.259 e. The summed E-state index contributed by atoms with van der Waals surface area (Å²) < 4.78 is 0. The molecule has 0 rings (SSSR count). The van der Waals surface area contributed by atoms with Crippen molar-refractivity contribution in [1.29, 1.82) is 0 Å². The van der Waals surface area contributed by atoms with E-state index >= 15 is 0 Å². The van der Waals surface area contributed by atoms with Gasteiger partial charge in [-0.05, 0) is 6.92 Å². The average Bonchev–Trinajstić information content (AvgIpc) is 1.88. The zero-order valence-electron chi connectivity index (χ0n) is 6.49. The Morgan fingerprint density at radius 3 is 2.40 bits per heavy atom. The number of hydrogen-bond acceptors (Lipinski definition) is 3. The molecule has 0 aliphatic rings. The number of carbonyl (C=O) groups is 1. The van der Waals surface area contributed by atoms with Crippen LogP contribution in [0.15, 0.2) is 11.8 Å². The lowest BCUT2D eigenvalue weighted by Crippen LogP contribution is -2.33. The van der Waals surface area contributed by atoms with Crippen LogP contribution < -0.4 is 16.2 Å². The van der Waals surface area contributed by atoms with Crippen LogP contribution in [0.3, 0.4) is 0 Å². The molecular formula is C6H13N3O. The smallest absolute Gasteiger partial charge is 0.259 e. The zero-order chi connectivity index (χ0) is 7.98. The Labute approximate surface area is 60.7 Å². The van der Waals surface area contributed by atoms with Gasteiger partial charge in [-0.2, -0.15) is 0 Å². The second kappa shape index (κ2) is 4.81. The molecular weight excluding hydrogens is 130 g/mol. The Morgan fingerprint density at radius 1 is 1.40 bits per heavy atom. The number of amides is 1. The molecule has 0 aromatic carbocycles. The van der Waals surface area contributed by atoms with Crippen molar-refractivity contribution in [3.05, 3.63) is 11.8 Å². The Hall–Kier alpha value is -1.03. The third kappa shape index (κ3) is 3.91. The highest BCUT2D eigenvalue weighted by molar-refractivity contribution is 5.87. The van der Waals surface area contributed by atoms with Crippen molar-refractivity contribution in [3.63, 3.8) is 0 Å². The lowest BCUT2D eigenvalue weighted by molar-refractivity contribution is -0.117. The van der Waals surface area contributed by atoms with E-state index in [1.54, 1.807) is 14.1 Å². The quantitative estimate of drug-likeness (QED) is 0.364. The summed E-state index contributed by atoms with van der Waals surface area (Å²) in [5.41, 5.74) is 5.76. The van der Waals surface area contributed by atoms with Crippen molar-refractivity contribution in [3.8, 4) is 0 Å². The fraction of sp³-hybridized carbons (Fsp3) is 0.500. The summed E-state index contributed by atoms with van der Waals surface area (Å²) in [5.74, 6) is -0.158. The fourth-order valence-corrected chi connectivity index (χ4v) is 0.428. The van der Waals surface area contributed by atoms with Gasteiger partial charge in [0, 0.05) is 25.9 Å². The number of hydrogen-bond donors (Lipinski definition) is 3. The van der Waals surface area contributed by atoms with E-state index in [2.05, 4.69) is 16.2 Å². The molecule has 0 heterocycles. The van der Waals surface area contributed by atoms with Crippen molar-refractivity contribution >= 4 is 5.91 Å². The van der Waals surface area contributed by atoms with Crippen LogP contribution in [0, 0.1) is 0 Å². The summed E-state index contributed by atoms with van der Waals surface area (Å²) in [7, 11) is 3.40. The van der Waals surface area contributed by atoms with Crippen LogP contribution in [0.4, 0.5) is 0 Å².